The predicted octanol–water partition coefficient (Wildman–Crippen LogP) is 2.64. The number of amides is 1. The molecule has 5 heterocycles. The molecule has 41 heavy (non-hydrogen) atoms. The molecule has 2 aliphatic rings. The molecule has 0 aliphatic carbocycles. The number of likely N-dealkylation sites (N-methyl/N-ethyl adjacent to an activating group) is 1. The van der Waals surface area contributed by atoms with Crippen molar-refractivity contribution in [1.82, 2.24) is 34.5 Å². The van der Waals surface area contributed by atoms with E-state index in [0.29, 0.717) is 43.7 Å². The van der Waals surface area contributed by atoms with Gasteiger partial charge in [0, 0.05) is 56.4 Å². The summed E-state index contributed by atoms with van der Waals surface area (Å²) in [5.74, 6) is 1.25. The summed E-state index contributed by atoms with van der Waals surface area (Å²) in [4.78, 5) is 45.1. The van der Waals surface area contributed by atoms with Crippen molar-refractivity contribution in [3.8, 4) is 5.69 Å². The van der Waals surface area contributed by atoms with Crippen molar-refractivity contribution < 1.29 is 4.79 Å². The molecule has 1 amide bonds. The number of rotatable bonds is 7. The molecule has 2 aliphatic heterocycles. The van der Waals surface area contributed by atoms with Crippen LogP contribution in [0.15, 0.2) is 41.8 Å². The van der Waals surface area contributed by atoms with Gasteiger partial charge in [-0.1, -0.05) is 26.5 Å². The van der Waals surface area contributed by atoms with Gasteiger partial charge in [-0.25, -0.2) is 4.98 Å². The molecular formula is C30H37N9O2. The van der Waals surface area contributed by atoms with E-state index in [1.807, 2.05) is 32.0 Å². The third-order valence-electron chi connectivity index (χ3n) is 8.59. The van der Waals surface area contributed by atoms with Gasteiger partial charge < -0.3 is 14.7 Å². The van der Waals surface area contributed by atoms with Crippen LogP contribution in [0, 0.1) is 13.8 Å². The fourth-order valence-electron chi connectivity index (χ4n) is 6.21. The summed E-state index contributed by atoms with van der Waals surface area (Å²) < 4.78 is 1.76. The van der Waals surface area contributed by atoms with E-state index in [0.717, 1.165) is 65.2 Å². The molecule has 1 N–H and O–H groups in total. The number of aryl methyl sites for hydroxylation is 2. The molecule has 214 valence electrons. The van der Waals surface area contributed by atoms with E-state index in [4.69, 9.17) is 9.97 Å². The topological polar surface area (TPSA) is 106 Å². The van der Waals surface area contributed by atoms with Crippen molar-refractivity contribution in [2.45, 2.75) is 33.7 Å². The summed E-state index contributed by atoms with van der Waals surface area (Å²) in [7, 11) is 0. The molecule has 0 atom stereocenters. The van der Waals surface area contributed by atoms with Crippen LogP contribution in [0.2, 0.25) is 0 Å². The van der Waals surface area contributed by atoms with E-state index in [-0.39, 0.29) is 11.5 Å². The Hall–Kier alpha value is -4.25. The van der Waals surface area contributed by atoms with E-state index in [1.165, 1.54) is 6.08 Å². The fraction of sp³-hybridized carbons (Fsp3) is 0.433. The number of hydrogen-bond acceptors (Lipinski definition) is 8. The third kappa shape index (κ3) is 4.54. The first-order valence-corrected chi connectivity index (χ1v) is 14.4. The Labute approximate surface area is 239 Å². The molecule has 0 unspecified atom stereocenters. The van der Waals surface area contributed by atoms with Gasteiger partial charge in [-0.05, 0) is 50.7 Å². The highest BCUT2D eigenvalue weighted by molar-refractivity contribution is 5.93. The van der Waals surface area contributed by atoms with Gasteiger partial charge >= 0.3 is 0 Å². The van der Waals surface area contributed by atoms with Crippen LogP contribution in [0.25, 0.3) is 27.5 Å². The maximum Gasteiger partial charge on any atom is 0.282 e. The highest BCUT2D eigenvalue weighted by Crippen LogP contribution is 2.31. The van der Waals surface area contributed by atoms with Gasteiger partial charge in [-0.15, -0.1) is 0 Å². The summed E-state index contributed by atoms with van der Waals surface area (Å²) in [6.07, 6.45) is 3.13. The first-order valence-electron chi connectivity index (χ1n) is 14.4. The monoisotopic (exact) mass is 555 g/mol. The average Bonchev–Trinajstić information content (AvgIpc) is 3.44. The lowest BCUT2D eigenvalue weighted by atomic mass is 10.1. The zero-order valence-corrected chi connectivity index (χ0v) is 24.2. The number of carbonyl (C=O) groups is 1. The van der Waals surface area contributed by atoms with E-state index in [9.17, 15) is 9.59 Å². The molecule has 11 heteroatoms. The maximum absolute atomic E-state index is 14.4. The number of hydrogen-bond donors (Lipinski definition) is 1. The molecule has 4 aromatic rings. The smallest absolute Gasteiger partial charge is 0.282 e. The maximum atomic E-state index is 14.4. The van der Waals surface area contributed by atoms with E-state index >= 15 is 0 Å². The molecule has 1 aromatic carbocycles. The molecule has 2 saturated heterocycles. The van der Waals surface area contributed by atoms with Crippen LogP contribution < -0.4 is 15.4 Å². The highest BCUT2D eigenvalue weighted by Gasteiger charge is 2.34. The van der Waals surface area contributed by atoms with Gasteiger partial charge in [0.15, 0.2) is 0 Å². The van der Waals surface area contributed by atoms with Gasteiger partial charge in [0.2, 0.25) is 11.9 Å². The molecule has 0 saturated carbocycles. The molecular weight excluding hydrogens is 518 g/mol. The lowest BCUT2D eigenvalue weighted by molar-refractivity contribution is -0.126. The molecule has 3 aromatic heterocycles. The van der Waals surface area contributed by atoms with Crippen molar-refractivity contribution in [1.29, 1.82) is 0 Å². The second kappa shape index (κ2) is 10.6. The Kier molecular flexibility index (Phi) is 6.98. The van der Waals surface area contributed by atoms with E-state index in [1.54, 1.807) is 15.7 Å². The average molecular weight is 556 g/mol. The number of carbonyl (C=O) groups excluding carboxylic acids is 1. The molecule has 6 rings (SSSR count). The largest absolute Gasteiger partial charge is 0.352 e. The van der Waals surface area contributed by atoms with Crippen LogP contribution >= 0.6 is 0 Å². The van der Waals surface area contributed by atoms with Crippen LogP contribution in [0.5, 0.6) is 0 Å². The molecule has 0 spiro atoms. The molecule has 0 bridgehead atoms. The normalized spacial score (nSPS) is 16.2. The number of anilines is 2. The zero-order chi connectivity index (χ0) is 28.8. The predicted molar refractivity (Wildman–Crippen MR) is 162 cm³/mol. The van der Waals surface area contributed by atoms with E-state index < -0.39 is 0 Å². The Morgan fingerprint density at radius 2 is 1.80 bits per heavy atom. The van der Waals surface area contributed by atoms with Crippen LogP contribution in [0.1, 0.15) is 25.1 Å². The lowest BCUT2D eigenvalue weighted by Gasteiger charge is -2.45. The standard InChI is InChI=1S/C30H37N9O2/c1-6-25(40)36-11-13-37(14-12-36)28-22-15-20(5)39(27-19(4)9-10-24-23(27)16-31-34-24)29(41)26(22)32-30(33-28)38-17-21(18-38)35(7-2)8-3/h6,9-10,15-16,21H,1,7-8,11-14,17-18H2,2-5H3,(H,31,34). The fourth-order valence-corrected chi connectivity index (χ4v) is 6.21. The SMILES string of the molecule is C=CC(=O)N1CCN(c2nc(N3CC(N(CC)CC)C3)nc3c(=O)n(-c4c(C)ccc5[nH]ncc45)c(C)cc23)CC1. The Bertz CT molecular complexity index is 1690. The second-order valence-electron chi connectivity index (χ2n) is 10.9. The second-order valence-corrected chi connectivity index (χ2v) is 10.9. The van der Waals surface area contributed by atoms with Gasteiger partial charge in [-0.2, -0.15) is 10.1 Å². The van der Waals surface area contributed by atoms with Crippen molar-refractivity contribution >= 4 is 39.5 Å². The number of nitrogens with one attached hydrogen (secondary N) is 1. The van der Waals surface area contributed by atoms with Crippen LogP contribution in [0.4, 0.5) is 11.8 Å². The first kappa shape index (κ1) is 26.9. The summed E-state index contributed by atoms with van der Waals surface area (Å²) in [6.45, 7) is 17.9. The Balaban J connectivity index is 1.48. The molecule has 11 nitrogen and oxygen atoms in total. The lowest BCUT2D eigenvalue weighted by Crippen LogP contribution is -2.60. The zero-order valence-electron chi connectivity index (χ0n) is 24.2. The number of benzene rings is 1. The van der Waals surface area contributed by atoms with Gasteiger partial charge in [-0.3, -0.25) is 24.2 Å². The van der Waals surface area contributed by atoms with E-state index in [2.05, 4.69) is 45.3 Å². The number of piperazine rings is 1. The molecule has 2 fully saturated rings. The van der Waals surface area contributed by atoms with Crippen LogP contribution in [-0.2, 0) is 4.79 Å². The van der Waals surface area contributed by atoms with Crippen LogP contribution in [-0.4, -0.2) is 98.8 Å². The third-order valence-corrected chi connectivity index (χ3v) is 8.59. The van der Waals surface area contributed by atoms with Crippen molar-refractivity contribution in [2.24, 2.45) is 0 Å². The van der Waals surface area contributed by atoms with Crippen molar-refractivity contribution in [3.63, 3.8) is 0 Å². The number of fused-ring (bicyclic) bond motifs is 2. The summed E-state index contributed by atoms with van der Waals surface area (Å²) in [5.41, 5.74) is 3.67. The number of pyridine rings is 1. The minimum absolute atomic E-state index is 0.0663. The van der Waals surface area contributed by atoms with Crippen molar-refractivity contribution in [2.75, 3.05) is 62.2 Å². The van der Waals surface area contributed by atoms with Crippen molar-refractivity contribution in [3.05, 3.63) is 58.7 Å². The summed E-state index contributed by atoms with van der Waals surface area (Å²) in [6, 6.07) is 6.44. The number of nitrogens with zero attached hydrogens (tertiary/aromatic N) is 8. The Morgan fingerprint density at radius 3 is 2.49 bits per heavy atom. The van der Waals surface area contributed by atoms with Gasteiger partial charge in [0.25, 0.3) is 5.56 Å². The summed E-state index contributed by atoms with van der Waals surface area (Å²) in [5, 5.41) is 8.86. The van der Waals surface area contributed by atoms with Gasteiger partial charge in [0.1, 0.15) is 11.3 Å². The number of aromatic amines is 1. The minimum Gasteiger partial charge on any atom is -0.352 e. The first-order chi connectivity index (χ1) is 19.8. The van der Waals surface area contributed by atoms with Crippen LogP contribution in [0.3, 0.4) is 0 Å². The summed E-state index contributed by atoms with van der Waals surface area (Å²) >= 11 is 0. The van der Waals surface area contributed by atoms with Gasteiger partial charge in [0.05, 0.1) is 22.8 Å². The number of H-pyrrole nitrogens is 1. The quantitative estimate of drug-likeness (QED) is 0.347. The Morgan fingerprint density at radius 1 is 1.07 bits per heavy atom. The molecule has 0 radical (unpaired) electrons. The highest BCUT2D eigenvalue weighted by atomic mass is 16.2. The minimum atomic E-state index is -0.178. The number of aromatic nitrogens is 5.